The molecule has 3 heterocycles. The van der Waals surface area contributed by atoms with Crippen LogP contribution >= 0.6 is 0 Å². The topological polar surface area (TPSA) is 72.3 Å². The first-order valence-corrected chi connectivity index (χ1v) is 10.3. The number of carbonyl (C=O) groups excluding carboxylic acids is 1. The molecule has 0 radical (unpaired) electrons. The van der Waals surface area contributed by atoms with Gasteiger partial charge in [0.05, 0.1) is 5.56 Å². The number of rotatable bonds is 3. The molecule has 1 atom stereocenters. The van der Waals surface area contributed by atoms with Crippen molar-refractivity contribution in [2.24, 2.45) is 5.92 Å². The van der Waals surface area contributed by atoms with E-state index in [0.717, 1.165) is 51.1 Å². The van der Waals surface area contributed by atoms with E-state index >= 15 is 0 Å². The number of nitrogens with one attached hydrogen (secondary N) is 1. The van der Waals surface area contributed by atoms with Crippen molar-refractivity contribution >= 4 is 11.8 Å². The minimum atomic E-state index is 0.0934. The van der Waals surface area contributed by atoms with E-state index in [9.17, 15) is 10.1 Å². The van der Waals surface area contributed by atoms with E-state index in [1.165, 1.54) is 12.8 Å². The summed E-state index contributed by atoms with van der Waals surface area (Å²) in [4.78, 5) is 21.5. The molecular formula is C21H31N5O. The molecule has 6 nitrogen and oxygen atoms in total. The van der Waals surface area contributed by atoms with Gasteiger partial charge < -0.3 is 15.1 Å². The highest BCUT2D eigenvalue weighted by Gasteiger charge is 2.34. The summed E-state index contributed by atoms with van der Waals surface area (Å²) in [6.45, 7) is 6.69. The van der Waals surface area contributed by atoms with E-state index in [0.29, 0.717) is 17.5 Å². The van der Waals surface area contributed by atoms with Crippen LogP contribution in [0, 0.1) is 17.2 Å². The second-order valence-electron chi connectivity index (χ2n) is 8.03. The maximum atomic E-state index is 12.7. The van der Waals surface area contributed by atoms with Crippen molar-refractivity contribution in [1.82, 2.24) is 15.2 Å². The Morgan fingerprint density at radius 3 is 2.70 bits per heavy atom. The van der Waals surface area contributed by atoms with Crippen LogP contribution in [-0.2, 0) is 0 Å². The van der Waals surface area contributed by atoms with Gasteiger partial charge in [-0.05, 0) is 57.6 Å². The summed E-state index contributed by atoms with van der Waals surface area (Å²) in [5.74, 6) is 1.32. The maximum absolute atomic E-state index is 12.7. The van der Waals surface area contributed by atoms with E-state index in [2.05, 4.69) is 26.2 Å². The van der Waals surface area contributed by atoms with Crippen LogP contribution in [0.15, 0.2) is 18.3 Å². The van der Waals surface area contributed by atoms with Crippen LogP contribution in [-0.4, -0.2) is 47.6 Å². The van der Waals surface area contributed by atoms with Crippen molar-refractivity contribution in [2.75, 3.05) is 24.5 Å². The third-order valence-corrected chi connectivity index (χ3v) is 5.76. The number of nitriles is 1. The standard InChI is InChI=1S/C21H31N5O/c1-16(2)24-21(27)26-12-5-3-4-8-19(26)17-9-13-25(14-10-17)20-18(15-22)7-6-11-23-20/h6-7,11,16-17,19H,3-5,8-10,12-14H2,1-2H3,(H,24,27)/t19-/m1/s1. The zero-order valence-electron chi connectivity index (χ0n) is 16.5. The summed E-state index contributed by atoms with van der Waals surface area (Å²) in [5.41, 5.74) is 0.642. The fraction of sp³-hybridized carbons (Fsp3) is 0.667. The number of aromatic nitrogens is 1. The van der Waals surface area contributed by atoms with Gasteiger partial charge in [-0.3, -0.25) is 0 Å². The Balaban J connectivity index is 1.67. The fourth-order valence-corrected chi connectivity index (χ4v) is 4.44. The Labute approximate surface area is 162 Å². The lowest BCUT2D eigenvalue weighted by Crippen LogP contribution is -2.52. The minimum Gasteiger partial charge on any atom is -0.356 e. The van der Waals surface area contributed by atoms with Gasteiger partial charge in [-0.1, -0.05) is 12.8 Å². The van der Waals surface area contributed by atoms with Gasteiger partial charge in [-0.2, -0.15) is 5.26 Å². The number of amides is 2. The normalized spacial score (nSPS) is 21.6. The molecule has 0 saturated carbocycles. The zero-order chi connectivity index (χ0) is 19.2. The van der Waals surface area contributed by atoms with Gasteiger partial charge in [-0.15, -0.1) is 0 Å². The Kier molecular flexibility index (Phi) is 6.54. The lowest BCUT2D eigenvalue weighted by Gasteiger charge is -2.41. The monoisotopic (exact) mass is 369 g/mol. The summed E-state index contributed by atoms with van der Waals surface area (Å²) in [6, 6.07) is 6.48. The van der Waals surface area contributed by atoms with Gasteiger partial charge in [0.1, 0.15) is 11.9 Å². The second-order valence-corrected chi connectivity index (χ2v) is 8.03. The third-order valence-electron chi connectivity index (χ3n) is 5.76. The molecule has 27 heavy (non-hydrogen) atoms. The van der Waals surface area contributed by atoms with Gasteiger partial charge in [-0.25, -0.2) is 9.78 Å². The number of likely N-dealkylation sites (tertiary alicyclic amines) is 1. The average Bonchev–Trinajstić information content (AvgIpc) is 2.94. The van der Waals surface area contributed by atoms with Crippen LogP contribution in [0.4, 0.5) is 10.6 Å². The average molecular weight is 370 g/mol. The molecule has 0 bridgehead atoms. The summed E-state index contributed by atoms with van der Waals surface area (Å²) in [7, 11) is 0. The minimum absolute atomic E-state index is 0.0934. The molecule has 0 spiro atoms. The van der Waals surface area contributed by atoms with Gasteiger partial charge in [0.25, 0.3) is 0 Å². The Hall–Kier alpha value is -2.29. The second kappa shape index (κ2) is 9.07. The number of piperidine rings is 1. The predicted molar refractivity (Wildman–Crippen MR) is 107 cm³/mol. The molecule has 0 aliphatic carbocycles. The number of urea groups is 1. The van der Waals surface area contributed by atoms with Gasteiger partial charge in [0.2, 0.25) is 0 Å². The van der Waals surface area contributed by atoms with Crippen LogP contribution in [0.1, 0.15) is 57.9 Å². The third kappa shape index (κ3) is 4.71. The lowest BCUT2D eigenvalue weighted by molar-refractivity contribution is 0.135. The van der Waals surface area contributed by atoms with Crippen LogP contribution in [0.3, 0.4) is 0 Å². The molecule has 3 rings (SSSR count). The van der Waals surface area contributed by atoms with Crippen LogP contribution < -0.4 is 10.2 Å². The molecule has 2 amide bonds. The number of nitrogens with zero attached hydrogens (tertiary/aromatic N) is 4. The first-order chi connectivity index (χ1) is 13.1. The van der Waals surface area contributed by atoms with Crippen molar-refractivity contribution in [1.29, 1.82) is 5.26 Å². The fourth-order valence-electron chi connectivity index (χ4n) is 4.44. The first-order valence-electron chi connectivity index (χ1n) is 10.3. The van der Waals surface area contributed by atoms with E-state index in [-0.39, 0.29) is 12.1 Å². The smallest absolute Gasteiger partial charge is 0.317 e. The molecule has 2 aliphatic rings. The summed E-state index contributed by atoms with van der Waals surface area (Å²) in [6.07, 6.45) is 8.44. The van der Waals surface area contributed by atoms with Gasteiger partial charge in [0.15, 0.2) is 0 Å². The predicted octanol–water partition coefficient (Wildman–Crippen LogP) is 3.53. The van der Waals surface area contributed by atoms with Crippen LogP contribution in [0.25, 0.3) is 0 Å². The molecule has 0 unspecified atom stereocenters. The molecule has 0 aromatic carbocycles. The lowest BCUT2D eigenvalue weighted by atomic mass is 9.86. The Morgan fingerprint density at radius 1 is 1.22 bits per heavy atom. The van der Waals surface area contributed by atoms with E-state index in [1.807, 2.05) is 26.0 Å². The van der Waals surface area contributed by atoms with Gasteiger partial charge in [0, 0.05) is 37.9 Å². The highest BCUT2D eigenvalue weighted by atomic mass is 16.2. The molecule has 1 aromatic rings. The van der Waals surface area contributed by atoms with Crippen LogP contribution in [0.2, 0.25) is 0 Å². The Bertz CT molecular complexity index is 675. The maximum Gasteiger partial charge on any atom is 0.317 e. The molecular weight excluding hydrogens is 338 g/mol. The van der Waals surface area contributed by atoms with Crippen molar-refractivity contribution in [3.63, 3.8) is 0 Å². The molecule has 1 aromatic heterocycles. The van der Waals surface area contributed by atoms with E-state index < -0.39 is 0 Å². The highest BCUT2D eigenvalue weighted by molar-refractivity contribution is 5.75. The quantitative estimate of drug-likeness (QED) is 0.885. The molecule has 2 fully saturated rings. The molecule has 146 valence electrons. The SMILES string of the molecule is CC(C)NC(=O)N1CCCCC[C@@H]1C1CCN(c2ncccc2C#N)CC1. The number of anilines is 1. The zero-order valence-corrected chi connectivity index (χ0v) is 16.5. The number of hydrogen-bond donors (Lipinski definition) is 1. The first kappa shape index (κ1) is 19.5. The molecule has 6 heteroatoms. The summed E-state index contributed by atoms with van der Waals surface area (Å²) in [5, 5.41) is 12.4. The van der Waals surface area contributed by atoms with Crippen LogP contribution in [0.5, 0.6) is 0 Å². The van der Waals surface area contributed by atoms with Crippen molar-refractivity contribution in [3.8, 4) is 6.07 Å². The van der Waals surface area contributed by atoms with E-state index in [4.69, 9.17) is 0 Å². The molecule has 1 N–H and O–H groups in total. The number of carbonyl (C=O) groups is 1. The van der Waals surface area contributed by atoms with E-state index in [1.54, 1.807) is 6.20 Å². The molecule has 2 aliphatic heterocycles. The van der Waals surface area contributed by atoms with Gasteiger partial charge >= 0.3 is 6.03 Å². The van der Waals surface area contributed by atoms with Crippen molar-refractivity contribution in [3.05, 3.63) is 23.9 Å². The largest absolute Gasteiger partial charge is 0.356 e. The Morgan fingerprint density at radius 2 is 2.00 bits per heavy atom. The highest BCUT2D eigenvalue weighted by Crippen LogP contribution is 2.32. The summed E-state index contributed by atoms with van der Waals surface area (Å²) >= 11 is 0. The molecule has 2 saturated heterocycles. The van der Waals surface area contributed by atoms with Crippen molar-refractivity contribution < 1.29 is 4.79 Å². The van der Waals surface area contributed by atoms with Crippen molar-refractivity contribution in [2.45, 2.75) is 64.5 Å². The number of hydrogen-bond acceptors (Lipinski definition) is 4. The number of pyridine rings is 1. The summed E-state index contributed by atoms with van der Waals surface area (Å²) < 4.78 is 0.